The third kappa shape index (κ3) is 10.1. The van der Waals surface area contributed by atoms with Crippen LogP contribution in [0.2, 0.25) is 5.02 Å². The van der Waals surface area contributed by atoms with Crippen molar-refractivity contribution in [1.29, 1.82) is 5.26 Å². The third-order valence-corrected chi connectivity index (χ3v) is 12.3. The predicted octanol–water partition coefficient (Wildman–Crippen LogP) is 5.69. The van der Waals surface area contributed by atoms with E-state index in [2.05, 4.69) is 26.7 Å². The van der Waals surface area contributed by atoms with Gasteiger partial charge in [-0.3, -0.25) is 34.2 Å². The van der Waals surface area contributed by atoms with E-state index >= 15 is 0 Å². The van der Waals surface area contributed by atoms with Gasteiger partial charge in [0.25, 0.3) is 11.8 Å². The highest BCUT2D eigenvalue weighted by Crippen LogP contribution is 2.39. The highest BCUT2D eigenvalue weighted by atomic mass is 35.5. The molecular weight excluding hydrogens is 878 g/mol. The number of anilines is 2. The fourth-order valence-corrected chi connectivity index (χ4v) is 8.35. The Morgan fingerprint density at radius 1 is 0.954 bits per heavy atom. The van der Waals surface area contributed by atoms with E-state index in [1.54, 1.807) is 61.7 Å². The molecule has 0 spiro atoms. The van der Waals surface area contributed by atoms with Crippen LogP contribution in [-0.4, -0.2) is 78.8 Å². The Kier molecular flexibility index (Phi) is 13.2. The summed E-state index contributed by atoms with van der Waals surface area (Å²) in [4.78, 5) is 72.6. The number of nitrogens with one attached hydrogen (secondary N) is 2. The van der Waals surface area contributed by atoms with Gasteiger partial charge in [0.2, 0.25) is 33.7 Å². The summed E-state index contributed by atoms with van der Waals surface area (Å²) in [6, 6.07) is 24.6. The number of carbonyl (C=O) groups excluding carboxylic acids is 5. The molecule has 2 N–H and O–H groups in total. The van der Waals surface area contributed by atoms with Gasteiger partial charge >= 0.3 is 0 Å². The van der Waals surface area contributed by atoms with Crippen LogP contribution in [-0.2, 0) is 43.0 Å². The maximum absolute atomic E-state index is 13.2. The first-order valence-electron chi connectivity index (χ1n) is 20.1. The number of piperidine rings is 1. The molecule has 7 rings (SSSR count). The van der Waals surface area contributed by atoms with Crippen LogP contribution < -0.4 is 29.1 Å². The quantitative estimate of drug-likeness (QED) is 0.114. The summed E-state index contributed by atoms with van der Waals surface area (Å²) >= 11 is 6.69. The first-order chi connectivity index (χ1) is 31.0. The number of ether oxygens (including phenoxy) is 3. The Balaban J connectivity index is 0.946. The molecule has 3 heterocycles. The number of fused-ring (bicyclic) bond motifs is 1. The molecule has 334 valence electrons. The number of nitrogens with zero attached hydrogens (tertiary/aromatic N) is 5. The van der Waals surface area contributed by atoms with Gasteiger partial charge in [0.1, 0.15) is 30.2 Å². The van der Waals surface area contributed by atoms with Gasteiger partial charge in [-0.1, -0.05) is 49.7 Å². The minimum absolute atomic E-state index is 0.00794. The minimum Gasteiger partial charge on any atom is -0.497 e. The van der Waals surface area contributed by atoms with E-state index in [0.29, 0.717) is 17.2 Å². The van der Waals surface area contributed by atoms with Gasteiger partial charge in [-0.05, 0) is 83.8 Å². The van der Waals surface area contributed by atoms with Crippen molar-refractivity contribution in [3.05, 3.63) is 135 Å². The number of benzene rings is 4. The molecule has 1 aromatic heterocycles. The molecule has 19 heteroatoms. The topological polar surface area (TPSA) is 227 Å². The zero-order chi connectivity index (χ0) is 46.6. The van der Waals surface area contributed by atoms with Gasteiger partial charge in [-0.25, -0.2) is 22.7 Å². The Hall–Kier alpha value is -7.36. The number of methoxy groups -OCH3 is 1. The maximum Gasteiger partial charge on any atom is 0.262 e. The van der Waals surface area contributed by atoms with Crippen molar-refractivity contribution in [3.63, 3.8) is 0 Å². The second kappa shape index (κ2) is 18.8. The van der Waals surface area contributed by atoms with Crippen molar-refractivity contribution < 1.29 is 46.6 Å². The number of hydrogen-bond donors (Lipinski definition) is 2. The fraction of sp³-hybridized carbons (Fsp3) is 0.261. The number of aromatic nitrogens is 2. The van der Waals surface area contributed by atoms with E-state index in [1.807, 2.05) is 26.0 Å². The summed E-state index contributed by atoms with van der Waals surface area (Å²) in [5.41, 5.74) is 2.62. The normalized spacial score (nSPS) is 14.9. The second-order valence-corrected chi connectivity index (χ2v) is 18.0. The second-order valence-electron chi connectivity index (χ2n) is 15.7. The standard InChI is InChI=1S/C46H42ClN7O10S/c1-46(2,29-7-12-34(13-8-29)64-26-32-17-19-49-45(51-32)53(65(4,60)61)25-27-5-10-33(62-3)11-6-27)30-21-28(24-48)41(37(47)22-30)63-20-18-40(56)50-31-9-14-35-36(23-31)44(59)54(43(35)58)38-15-16-39(55)52-42(38)57/h5-14,17,19,21-23,38H,15-16,18,20,25-26H2,1-4H3,(H,50,56)(H,52,55,57). The zero-order valence-corrected chi connectivity index (χ0v) is 37.2. The third-order valence-electron chi connectivity index (χ3n) is 11.0. The maximum atomic E-state index is 13.2. The molecule has 4 aromatic carbocycles. The van der Waals surface area contributed by atoms with Crippen LogP contribution >= 0.6 is 11.6 Å². The Labute approximate surface area is 379 Å². The molecule has 1 unspecified atom stereocenters. The van der Waals surface area contributed by atoms with E-state index in [4.69, 9.17) is 25.8 Å². The molecule has 65 heavy (non-hydrogen) atoms. The molecule has 1 atom stereocenters. The number of hydrogen-bond acceptors (Lipinski definition) is 13. The molecule has 1 saturated heterocycles. The Bertz CT molecular complexity index is 2870. The lowest BCUT2D eigenvalue weighted by atomic mass is 9.77. The van der Waals surface area contributed by atoms with E-state index in [1.165, 1.54) is 24.4 Å². The van der Waals surface area contributed by atoms with Gasteiger partial charge in [0.05, 0.1) is 60.3 Å². The molecule has 5 amide bonds. The van der Waals surface area contributed by atoms with Crippen LogP contribution in [0.25, 0.3) is 0 Å². The Morgan fingerprint density at radius 3 is 2.34 bits per heavy atom. The fourth-order valence-electron chi connectivity index (χ4n) is 7.31. The summed E-state index contributed by atoms with van der Waals surface area (Å²) in [7, 11) is -2.19. The summed E-state index contributed by atoms with van der Waals surface area (Å²) in [6.45, 7) is 3.85. The number of nitriles is 1. The summed E-state index contributed by atoms with van der Waals surface area (Å²) in [5.74, 6) is -1.76. The number of sulfonamides is 1. The highest BCUT2D eigenvalue weighted by Gasteiger charge is 2.44. The molecule has 0 aliphatic carbocycles. The van der Waals surface area contributed by atoms with E-state index in [9.17, 15) is 37.7 Å². The SMILES string of the molecule is COc1ccc(CN(c2nccc(COc3ccc(C(C)(C)c4cc(Cl)c(OCCC(=O)Nc5ccc6c(c5)C(=O)N(C5CCC(=O)NC5=O)C6=O)c(C#N)c4)cc3)n2)S(C)(=O)=O)cc1. The average molecular weight is 920 g/mol. The average Bonchev–Trinajstić information content (AvgIpc) is 3.52. The molecule has 17 nitrogen and oxygen atoms in total. The number of carbonyl (C=O) groups is 5. The molecule has 0 saturated carbocycles. The van der Waals surface area contributed by atoms with Crippen LogP contribution in [0.4, 0.5) is 11.6 Å². The molecule has 2 aliphatic heterocycles. The van der Waals surface area contributed by atoms with Gasteiger partial charge in [0, 0.05) is 23.7 Å². The molecule has 0 bridgehead atoms. The van der Waals surface area contributed by atoms with Crippen molar-refractivity contribution in [2.24, 2.45) is 0 Å². The summed E-state index contributed by atoms with van der Waals surface area (Å²) < 4.78 is 43.7. The van der Waals surface area contributed by atoms with Crippen molar-refractivity contribution in [1.82, 2.24) is 20.2 Å². The first-order valence-corrected chi connectivity index (χ1v) is 22.4. The molecule has 0 radical (unpaired) electrons. The number of imide groups is 2. The van der Waals surface area contributed by atoms with E-state index < -0.39 is 51.0 Å². The van der Waals surface area contributed by atoms with Crippen molar-refractivity contribution in [2.45, 2.75) is 57.7 Å². The molecule has 2 aliphatic rings. The predicted molar refractivity (Wildman–Crippen MR) is 237 cm³/mol. The van der Waals surface area contributed by atoms with E-state index in [-0.39, 0.29) is 78.1 Å². The minimum atomic E-state index is -3.74. The zero-order valence-electron chi connectivity index (χ0n) is 35.6. The summed E-state index contributed by atoms with van der Waals surface area (Å²) in [5, 5.41) is 15.1. The van der Waals surface area contributed by atoms with Crippen LogP contribution in [0.5, 0.6) is 17.2 Å². The summed E-state index contributed by atoms with van der Waals surface area (Å²) in [6.07, 6.45) is 2.42. The van der Waals surface area contributed by atoms with Crippen molar-refractivity contribution in [3.8, 4) is 23.3 Å². The van der Waals surface area contributed by atoms with Crippen molar-refractivity contribution >= 4 is 62.8 Å². The van der Waals surface area contributed by atoms with Crippen LogP contribution in [0.15, 0.2) is 91.1 Å². The van der Waals surface area contributed by atoms with Crippen molar-refractivity contribution in [2.75, 3.05) is 29.6 Å². The lowest BCUT2D eigenvalue weighted by molar-refractivity contribution is -0.136. The number of rotatable bonds is 16. The molecule has 5 aromatic rings. The van der Waals surface area contributed by atoms with Gasteiger partial charge in [0.15, 0.2) is 5.75 Å². The molecular formula is C46H42ClN7O10S. The van der Waals surface area contributed by atoms with Crippen LogP contribution in [0.1, 0.15) is 81.8 Å². The Morgan fingerprint density at radius 2 is 1.66 bits per heavy atom. The van der Waals surface area contributed by atoms with Gasteiger partial charge < -0.3 is 19.5 Å². The lowest BCUT2D eigenvalue weighted by Crippen LogP contribution is -2.54. The lowest BCUT2D eigenvalue weighted by Gasteiger charge is -2.27. The largest absolute Gasteiger partial charge is 0.497 e. The smallest absolute Gasteiger partial charge is 0.262 e. The number of halogens is 1. The van der Waals surface area contributed by atoms with Gasteiger partial charge in [-0.2, -0.15) is 5.26 Å². The van der Waals surface area contributed by atoms with Crippen LogP contribution in [0, 0.1) is 11.3 Å². The first kappa shape index (κ1) is 45.7. The van der Waals surface area contributed by atoms with Crippen LogP contribution in [0.3, 0.4) is 0 Å². The van der Waals surface area contributed by atoms with Gasteiger partial charge in [-0.15, -0.1) is 0 Å². The monoisotopic (exact) mass is 919 g/mol. The van der Waals surface area contributed by atoms with E-state index in [0.717, 1.165) is 32.2 Å². The number of amides is 5. The highest BCUT2D eigenvalue weighted by molar-refractivity contribution is 7.92. The molecule has 1 fully saturated rings.